The van der Waals surface area contributed by atoms with Gasteiger partial charge in [0.2, 0.25) is 0 Å². The predicted octanol–water partition coefficient (Wildman–Crippen LogP) is 2.71. The first kappa shape index (κ1) is 12.3. The van der Waals surface area contributed by atoms with Crippen LogP contribution in [-0.2, 0) is 0 Å². The number of halogens is 1. The quantitative estimate of drug-likeness (QED) is 0.810. The average molecular weight is 310 g/mol. The molecule has 1 aromatic rings. The normalized spacial score (nSPS) is 24.9. The molecule has 0 aliphatic carbocycles. The molecule has 1 atom stereocenters. The fourth-order valence-corrected chi connectivity index (χ4v) is 3.85. The van der Waals surface area contributed by atoms with Crippen molar-refractivity contribution in [2.75, 3.05) is 36.8 Å². The Hall–Kier alpha value is -0.740. The molecule has 2 saturated heterocycles. The van der Waals surface area contributed by atoms with Crippen LogP contribution in [0.3, 0.4) is 0 Å². The molecule has 0 amide bonds. The molecule has 0 bridgehead atoms. The van der Waals surface area contributed by atoms with E-state index < -0.39 is 0 Å². The highest BCUT2D eigenvalue weighted by atomic mass is 79.9. The van der Waals surface area contributed by atoms with Crippen LogP contribution in [0.2, 0.25) is 0 Å². The Labute approximate surface area is 117 Å². The van der Waals surface area contributed by atoms with Gasteiger partial charge in [-0.05, 0) is 59.9 Å². The molecule has 1 aromatic carbocycles. The number of nitrogens with two attached hydrogens (primary N) is 1. The van der Waals surface area contributed by atoms with E-state index in [-0.39, 0.29) is 0 Å². The smallest absolute Gasteiger partial charge is 0.0512 e. The summed E-state index contributed by atoms with van der Waals surface area (Å²) >= 11 is 3.65. The maximum absolute atomic E-state index is 5.82. The summed E-state index contributed by atoms with van der Waals surface area (Å²) in [5.74, 6) is 0. The first-order chi connectivity index (χ1) is 8.74. The highest BCUT2D eigenvalue weighted by Gasteiger charge is 2.29. The Morgan fingerprint density at radius 2 is 2.00 bits per heavy atom. The van der Waals surface area contributed by atoms with Crippen molar-refractivity contribution in [1.29, 1.82) is 0 Å². The monoisotopic (exact) mass is 309 g/mol. The Balaban J connectivity index is 1.82. The van der Waals surface area contributed by atoms with Crippen LogP contribution < -0.4 is 10.6 Å². The van der Waals surface area contributed by atoms with Gasteiger partial charge in [0.1, 0.15) is 0 Å². The SMILES string of the molecule is Nc1ccc(N2CCCN3CCCC3C2)c(Br)c1. The lowest BCUT2D eigenvalue weighted by Gasteiger charge is -2.28. The van der Waals surface area contributed by atoms with E-state index in [9.17, 15) is 0 Å². The molecule has 2 heterocycles. The number of rotatable bonds is 1. The largest absolute Gasteiger partial charge is 0.399 e. The van der Waals surface area contributed by atoms with Crippen molar-refractivity contribution in [3.8, 4) is 0 Å². The zero-order chi connectivity index (χ0) is 12.5. The molecule has 0 aromatic heterocycles. The maximum atomic E-state index is 5.82. The number of nitrogen functional groups attached to an aromatic ring is 1. The molecule has 0 saturated carbocycles. The molecule has 18 heavy (non-hydrogen) atoms. The fraction of sp³-hybridized carbons (Fsp3) is 0.571. The molecule has 0 spiro atoms. The summed E-state index contributed by atoms with van der Waals surface area (Å²) < 4.78 is 1.12. The molecule has 2 fully saturated rings. The molecule has 2 N–H and O–H groups in total. The minimum atomic E-state index is 0.747. The highest BCUT2D eigenvalue weighted by molar-refractivity contribution is 9.10. The molecule has 3 nitrogen and oxygen atoms in total. The van der Waals surface area contributed by atoms with E-state index in [0.717, 1.165) is 29.3 Å². The molecule has 4 heteroatoms. The standard InChI is InChI=1S/C14H20BrN3/c15-13-9-11(16)4-5-14(13)18-8-2-7-17-6-1-3-12(17)10-18/h4-5,9,12H,1-3,6-8,10,16H2. The maximum Gasteiger partial charge on any atom is 0.0512 e. The molecule has 0 radical (unpaired) electrons. The van der Waals surface area contributed by atoms with Crippen LogP contribution in [0.1, 0.15) is 19.3 Å². The van der Waals surface area contributed by atoms with Crippen LogP contribution >= 0.6 is 15.9 Å². The number of benzene rings is 1. The average Bonchev–Trinajstić information content (AvgIpc) is 2.67. The molecule has 3 rings (SSSR count). The number of hydrogen-bond acceptors (Lipinski definition) is 3. The second-order valence-electron chi connectivity index (χ2n) is 5.34. The van der Waals surface area contributed by atoms with Gasteiger partial charge in [0.05, 0.1) is 5.69 Å². The summed E-state index contributed by atoms with van der Waals surface area (Å²) in [5, 5.41) is 0. The Morgan fingerprint density at radius 1 is 1.17 bits per heavy atom. The summed E-state index contributed by atoms with van der Waals surface area (Å²) in [4.78, 5) is 5.17. The third kappa shape index (κ3) is 2.36. The minimum absolute atomic E-state index is 0.747. The number of hydrogen-bond donors (Lipinski definition) is 1. The fourth-order valence-electron chi connectivity index (χ4n) is 3.21. The van der Waals surface area contributed by atoms with Crippen molar-refractivity contribution in [3.05, 3.63) is 22.7 Å². The van der Waals surface area contributed by atoms with Crippen molar-refractivity contribution in [3.63, 3.8) is 0 Å². The van der Waals surface area contributed by atoms with Gasteiger partial charge in [0, 0.05) is 35.8 Å². The van der Waals surface area contributed by atoms with Crippen LogP contribution in [0.5, 0.6) is 0 Å². The molecule has 98 valence electrons. The second-order valence-corrected chi connectivity index (χ2v) is 6.20. The zero-order valence-corrected chi connectivity index (χ0v) is 12.2. The van der Waals surface area contributed by atoms with Gasteiger partial charge in [-0.15, -0.1) is 0 Å². The Bertz CT molecular complexity index is 435. The van der Waals surface area contributed by atoms with Gasteiger partial charge in [-0.3, -0.25) is 4.90 Å². The molecule has 2 aliphatic heterocycles. The van der Waals surface area contributed by atoms with Gasteiger partial charge in [-0.1, -0.05) is 0 Å². The van der Waals surface area contributed by atoms with Crippen molar-refractivity contribution in [2.45, 2.75) is 25.3 Å². The van der Waals surface area contributed by atoms with Gasteiger partial charge in [-0.2, -0.15) is 0 Å². The third-order valence-electron chi connectivity index (χ3n) is 4.12. The van der Waals surface area contributed by atoms with Gasteiger partial charge in [-0.25, -0.2) is 0 Å². The van der Waals surface area contributed by atoms with E-state index in [1.807, 2.05) is 12.1 Å². The Kier molecular flexibility index (Phi) is 3.48. The summed E-state index contributed by atoms with van der Waals surface area (Å²) in [6.07, 6.45) is 3.97. The van der Waals surface area contributed by atoms with Crippen molar-refractivity contribution in [2.24, 2.45) is 0 Å². The number of fused-ring (bicyclic) bond motifs is 1. The van der Waals surface area contributed by atoms with Crippen LogP contribution in [0, 0.1) is 0 Å². The van der Waals surface area contributed by atoms with Crippen LogP contribution in [0.25, 0.3) is 0 Å². The van der Waals surface area contributed by atoms with Gasteiger partial charge in [0.25, 0.3) is 0 Å². The van der Waals surface area contributed by atoms with E-state index in [1.165, 1.54) is 38.0 Å². The zero-order valence-electron chi connectivity index (χ0n) is 10.6. The second kappa shape index (κ2) is 5.10. The van der Waals surface area contributed by atoms with E-state index >= 15 is 0 Å². The number of nitrogens with zero attached hydrogens (tertiary/aromatic N) is 2. The molecule has 1 unspecified atom stereocenters. The van der Waals surface area contributed by atoms with E-state index in [0.29, 0.717) is 0 Å². The van der Waals surface area contributed by atoms with E-state index in [1.54, 1.807) is 0 Å². The first-order valence-corrected chi connectivity index (χ1v) is 7.57. The minimum Gasteiger partial charge on any atom is -0.399 e. The molecule has 2 aliphatic rings. The summed E-state index contributed by atoms with van der Waals surface area (Å²) in [5.41, 5.74) is 7.93. The van der Waals surface area contributed by atoms with E-state index in [2.05, 4.69) is 31.8 Å². The van der Waals surface area contributed by atoms with Gasteiger partial charge in [0.15, 0.2) is 0 Å². The topological polar surface area (TPSA) is 32.5 Å². The molecular weight excluding hydrogens is 290 g/mol. The van der Waals surface area contributed by atoms with Crippen LogP contribution in [0.15, 0.2) is 22.7 Å². The lowest BCUT2D eigenvalue weighted by molar-refractivity contribution is 0.273. The van der Waals surface area contributed by atoms with Crippen molar-refractivity contribution in [1.82, 2.24) is 4.90 Å². The summed E-state index contributed by atoms with van der Waals surface area (Å²) in [6, 6.07) is 6.89. The highest BCUT2D eigenvalue weighted by Crippen LogP contribution is 2.31. The van der Waals surface area contributed by atoms with E-state index in [4.69, 9.17) is 5.73 Å². The van der Waals surface area contributed by atoms with Gasteiger partial charge < -0.3 is 10.6 Å². The summed E-state index contributed by atoms with van der Waals surface area (Å²) in [6.45, 7) is 4.85. The number of anilines is 2. The molecular formula is C14H20BrN3. The lowest BCUT2D eigenvalue weighted by atomic mass is 10.2. The van der Waals surface area contributed by atoms with Gasteiger partial charge >= 0.3 is 0 Å². The van der Waals surface area contributed by atoms with Crippen molar-refractivity contribution >= 4 is 27.3 Å². The Morgan fingerprint density at radius 3 is 2.83 bits per heavy atom. The predicted molar refractivity (Wildman–Crippen MR) is 80.0 cm³/mol. The van der Waals surface area contributed by atoms with Crippen LogP contribution in [-0.4, -0.2) is 37.1 Å². The van der Waals surface area contributed by atoms with Crippen molar-refractivity contribution < 1.29 is 0 Å². The third-order valence-corrected chi connectivity index (χ3v) is 4.75. The van der Waals surface area contributed by atoms with Crippen LogP contribution in [0.4, 0.5) is 11.4 Å². The summed E-state index contributed by atoms with van der Waals surface area (Å²) in [7, 11) is 0. The lowest BCUT2D eigenvalue weighted by Crippen LogP contribution is -2.36. The first-order valence-electron chi connectivity index (χ1n) is 6.78.